The maximum Gasteiger partial charge on any atom is 0.138 e. The van der Waals surface area contributed by atoms with E-state index >= 15 is 0 Å². The van der Waals surface area contributed by atoms with Crippen LogP contribution in [0.4, 0.5) is 0 Å². The minimum Gasteiger partial charge on any atom is -0.492 e. The molecule has 1 aliphatic rings. The van der Waals surface area contributed by atoms with Crippen molar-refractivity contribution in [1.82, 2.24) is 4.98 Å². The minimum atomic E-state index is -0.146. The van der Waals surface area contributed by atoms with Crippen LogP contribution in [0.2, 0.25) is 0 Å². The van der Waals surface area contributed by atoms with Gasteiger partial charge in [0.05, 0.1) is 12.8 Å². The number of aliphatic hydroxyl groups excluding tert-OH is 1. The highest BCUT2D eigenvalue weighted by atomic mass is 16.5. The molecule has 4 heteroatoms. The van der Waals surface area contributed by atoms with Crippen LogP contribution in [0.1, 0.15) is 18.4 Å². The summed E-state index contributed by atoms with van der Waals surface area (Å²) in [6.07, 6.45) is 5.45. The molecule has 0 unspecified atom stereocenters. The van der Waals surface area contributed by atoms with Gasteiger partial charge in [-0.3, -0.25) is 4.98 Å². The van der Waals surface area contributed by atoms with Crippen LogP contribution in [-0.2, 0) is 4.74 Å². The van der Waals surface area contributed by atoms with Gasteiger partial charge in [0, 0.05) is 25.0 Å². The van der Waals surface area contributed by atoms with Gasteiger partial charge in [-0.15, -0.1) is 0 Å². The molecule has 1 saturated heterocycles. The summed E-state index contributed by atoms with van der Waals surface area (Å²) in [5.41, 5.74) is 0.758. The van der Waals surface area contributed by atoms with Crippen molar-refractivity contribution in [3.63, 3.8) is 0 Å². The molecule has 1 fully saturated rings. The Hall–Kier alpha value is -1.57. The lowest BCUT2D eigenvalue weighted by Crippen LogP contribution is -2.21. The number of hydrogen-bond donors (Lipinski definition) is 1. The van der Waals surface area contributed by atoms with E-state index in [1.54, 1.807) is 12.4 Å². The van der Waals surface area contributed by atoms with Crippen LogP contribution in [0.5, 0.6) is 5.75 Å². The van der Waals surface area contributed by atoms with E-state index in [4.69, 9.17) is 14.6 Å². The zero-order valence-electron chi connectivity index (χ0n) is 10.3. The second-order valence-electron chi connectivity index (χ2n) is 4.24. The smallest absolute Gasteiger partial charge is 0.138 e. The molecule has 0 bridgehead atoms. The highest BCUT2D eigenvalue weighted by molar-refractivity contribution is 5.36. The molecule has 0 spiro atoms. The van der Waals surface area contributed by atoms with Gasteiger partial charge in [0.25, 0.3) is 0 Å². The summed E-state index contributed by atoms with van der Waals surface area (Å²) in [6, 6.07) is 1.84. The molecule has 1 N–H and O–H groups in total. The van der Waals surface area contributed by atoms with Crippen molar-refractivity contribution in [3.05, 3.63) is 24.0 Å². The van der Waals surface area contributed by atoms with Gasteiger partial charge in [0.1, 0.15) is 12.4 Å². The molecule has 0 aliphatic carbocycles. The average Bonchev–Trinajstić information content (AvgIpc) is 2.44. The molecular weight excluding hydrogens is 230 g/mol. The first-order chi connectivity index (χ1) is 8.88. The van der Waals surface area contributed by atoms with Gasteiger partial charge in [0.2, 0.25) is 0 Å². The molecule has 4 nitrogen and oxygen atoms in total. The van der Waals surface area contributed by atoms with E-state index in [-0.39, 0.29) is 6.61 Å². The van der Waals surface area contributed by atoms with Gasteiger partial charge in [0.15, 0.2) is 0 Å². The van der Waals surface area contributed by atoms with Crippen molar-refractivity contribution in [1.29, 1.82) is 0 Å². The molecule has 0 radical (unpaired) electrons. The summed E-state index contributed by atoms with van der Waals surface area (Å²) in [5.74, 6) is 6.69. The monoisotopic (exact) mass is 247 g/mol. The number of aliphatic hydroxyl groups is 1. The fraction of sp³-hybridized carbons (Fsp3) is 0.500. The van der Waals surface area contributed by atoms with E-state index in [0.29, 0.717) is 12.5 Å². The number of nitrogens with zero attached hydrogens (tertiary/aromatic N) is 1. The first kappa shape index (κ1) is 12.9. The van der Waals surface area contributed by atoms with Crippen molar-refractivity contribution in [2.75, 3.05) is 26.4 Å². The van der Waals surface area contributed by atoms with Crippen molar-refractivity contribution in [2.24, 2.45) is 5.92 Å². The quantitative estimate of drug-likeness (QED) is 0.816. The van der Waals surface area contributed by atoms with Gasteiger partial charge in [-0.1, -0.05) is 11.8 Å². The number of ether oxygens (including phenoxy) is 2. The van der Waals surface area contributed by atoms with Gasteiger partial charge >= 0.3 is 0 Å². The summed E-state index contributed by atoms with van der Waals surface area (Å²) in [4.78, 5) is 4.07. The Kier molecular flexibility index (Phi) is 5.00. The van der Waals surface area contributed by atoms with E-state index in [9.17, 15) is 0 Å². The fourth-order valence-corrected chi connectivity index (χ4v) is 1.83. The molecule has 18 heavy (non-hydrogen) atoms. The topological polar surface area (TPSA) is 51.6 Å². The van der Waals surface area contributed by atoms with Crippen LogP contribution in [-0.4, -0.2) is 36.5 Å². The number of rotatable bonds is 3. The second-order valence-corrected chi connectivity index (χ2v) is 4.24. The molecule has 2 rings (SSSR count). The SMILES string of the molecule is OCC#Cc1cncc(OCC2CCOCC2)c1. The number of aromatic nitrogens is 1. The number of hydrogen-bond acceptors (Lipinski definition) is 4. The number of pyridine rings is 1. The lowest BCUT2D eigenvalue weighted by Gasteiger charge is -2.21. The standard InChI is InChI=1S/C14H17NO3/c16-5-1-2-13-8-14(10-15-9-13)18-11-12-3-6-17-7-4-12/h8-10,12,16H,3-7,11H2. The van der Waals surface area contributed by atoms with Crippen molar-refractivity contribution in [2.45, 2.75) is 12.8 Å². The molecule has 1 aromatic heterocycles. The van der Waals surface area contributed by atoms with E-state index in [0.717, 1.165) is 37.4 Å². The van der Waals surface area contributed by atoms with Gasteiger partial charge < -0.3 is 14.6 Å². The molecule has 0 aromatic carbocycles. The highest BCUT2D eigenvalue weighted by Crippen LogP contribution is 2.17. The molecule has 2 heterocycles. The third-order valence-corrected chi connectivity index (χ3v) is 2.85. The summed E-state index contributed by atoms with van der Waals surface area (Å²) in [5, 5.41) is 8.63. The largest absolute Gasteiger partial charge is 0.492 e. The highest BCUT2D eigenvalue weighted by Gasteiger charge is 2.14. The maximum absolute atomic E-state index is 8.63. The third-order valence-electron chi connectivity index (χ3n) is 2.85. The molecule has 1 aliphatic heterocycles. The average molecular weight is 247 g/mol. The summed E-state index contributed by atoms with van der Waals surface area (Å²) >= 11 is 0. The molecule has 0 saturated carbocycles. The van der Waals surface area contributed by atoms with Crippen LogP contribution in [0.3, 0.4) is 0 Å². The Morgan fingerprint density at radius 2 is 2.22 bits per heavy atom. The fourth-order valence-electron chi connectivity index (χ4n) is 1.83. The van der Waals surface area contributed by atoms with Crippen molar-refractivity contribution in [3.8, 4) is 17.6 Å². The van der Waals surface area contributed by atoms with E-state index in [2.05, 4.69) is 16.8 Å². The zero-order valence-corrected chi connectivity index (χ0v) is 10.3. The van der Waals surface area contributed by atoms with Crippen LogP contribution in [0, 0.1) is 17.8 Å². The maximum atomic E-state index is 8.63. The van der Waals surface area contributed by atoms with E-state index in [1.807, 2.05) is 6.07 Å². The predicted octanol–water partition coefficient (Wildman–Crippen LogP) is 1.23. The summed E-state index contributed by atoms with van der Waals surface area (Å²) in [7, 11) is 0. The third kappa shape index (κ3) is 4.02. The first-order valence-corrected chi connectivity index (χ1v) is 6.14. The van der Waals surface area contributed by atoms with E-state index in [1.165, 1.54) is 0 Å². The lowest BCUT2D eigenvalue weighted by atomic mass is 10.0. The molecule has 96 valence electrons. The second kappa shape index (κ2) is 7.00. The van der Waals surface area contributed by atoms with Crippen molar-refractivity contribution >= 4 is 0 Å². The minimum absolute atomic E-state index is 0.146. The summed E-state index contributed by atoms with van der Waals surface area (Å²) in [6.45, 7) is 2.21. The predicted molar refractivity (Wildman–Crippen MR) is 67.2 cm³/mol. The zero-order chi connectivity index (χ0) is 12.6. The lowest BCUT2D eigenvalue weighted by molar-refractivity contribution is 0.0497. The van der Waals surface area contributed by atoms with E-state index < -0.39 is 0 Å². The Bertz CT molecular complexity index is 430. The first-order valence-electron chi connectivity index (χ1n) is 6.14. The van der Waals surface area contributed by atoms with Crippen LogP contribution < -0.4 is 4.74 Å². The molecular formula is C14H17NO3. The Labute approximate surface area is 107 Å². The normalized spacial score (nSPS) is 15.8. The van der Waals surface area contributed by atoms with Gasteiger partial charge in [-0.2, -0.15) is 0 Å². The Balaban J connectivity index is 1.88. The molecule has 0 atom stereocenters. The Morgan fingerprint density at radius 1 is 1.39 bits per heavy atom. The van der Waals surface area contributed by atoms with Gasteiger partial charge in [-0.05, 0) is 24.8 Å². The molecule has 1 aromatic rings. The van der Waals surface area contributed by atoms with Crippen molar-refractivity contribution < 1.29 is 14.6 Å². The Morgan fingerprint density at radius 3 is 3.00 bits per heavy atom. The molecule has 0 amide bonds. The van der Waals surface area contributed by atoms with Crippen LogP contribution >= 0.6 is 0 Å². The van der Waals surface area contributed by atoms with Gasteiger partial charge in [-0.25, -0.2) is 0 Å². The van der Waals surface area contributed by atoms with Crippen LogP contribution in [0.15, 0.2) is 18.5 Å². The summed E-state index contributed by atoms with van der Waals surface area (Å²) < 4.78 is 11.0. The van der Waals surface area contributed by atoms with Crippen LogP contribution in [0.25, 0.3) is 0 Å².